The average Bonchev–Trinajstić information content (AvgIpc) is 3.13. The number of benzene rings is 1. The molecule has 0 amide bonds. The van der Waals surface area contributed by atoms with Crippen molar-refractivity contribution >= 4 is 17.5 Å². The molecule has 4 rings (SSSR count). The van der Waals surface area contributed by atoms with Crippen molar-refractivity contribution in [3.05, 3.63) is 41.1 Å². The maximum Gasteiger partial charge on any atom is 0.227 e. The summed E-state index contributed by atoms with van der Waals surface area (Å²) in [7, 11) is 0. The zero-order valence-electron chi connectivity index (χ0n) is 18.3. The smallest absolute Gasteiger partial charge is 0.227 e. The van der Waals surface area contributed by atoms with Gasteiger partial charge < -0.3 is 15.0 Å². The minimum atomic E-state index is 0.149. The van der Waals surface area contributed by atoms with Crippen LogP contribution in [0.4, 0.5) is 17.5 Å². The molecule has 2 aliphatic rings. The van der Waals surface area contributed by atoms with Gasteiger partial charge in [-0.05, 0) is 37.0 Å². The summed E-state index contributed by atoms with van der Waals surface area (Å²) in [5.74, 6) is 1.75. The quantitative estimate of drug-likeness (QED) is 0.842. The predicted octanol–water partition coefficient (Wildman–Crippen LogP) is 4.08. The van der Waals surface area contributed by atoms with Gasteiger partial charge >= 0.3 is 0 Å². The van der Waals surface area contributed by atoms with Gasteiger partial charge in [0.2, 0.25) is 5.95 Å². The highest BCUT2D eigenvalue weighted by molar-refractivity contribution is 5.63. The highest BCUT2D eigenvalue weighted by atomic mass is 16.5. The van der Waals surface area contributed by atoms with E-state index in [2.05, 4.69) is 74.0 Å². The molecule has 1 saturated heterocycles. The van der Waals surface area contributed by atoms with Gasteiger partial charge in [0.15, 0.2) is 0 Å². The van der Waals surface area contributed by atoms with Crippen LogP contribution >= 0.6 is 0 Å². The van der Waals surface area contributed by atoms with Crippen molar-refractivity contribution < 1.29 is 4.74 Å². The Bertz CT molecular complexity index is 851. The van der Waals surface area contributed by atoms with Gasteiger partial charge in [0.25, 0.3) is 0 Å². The standard InChI is InChI=1S/C23H33N5O/c1-16(2)28-14-19-20(15-28)25-22(27-10-12-29-13-11-27)26-21(19)24-18-8-6-17(7-9-18)23(3,4)5/h6-9,16H,10-15H2,1-5H3,(H,24,25,26). The lowest BCUT2D eigenvalue weighted by Crippen LogP contribution is -2.37. The molecular formula is C23H33N5O. The van der Waals surface area contributed by atoms with Gasteiger partial charge in [-0.15, -0.1) is 0 Å². The number of hydrogen-bond acceptors (Lipinski definition) is 6. The van der Waals surface area contributed by atoms with Crippen molar-refractivity contribution in [1.29, 1.82) is 0 Å². The number of ether oxygens (including phenoxy) is 1. The Morgan fingerprint density at radius 2 is 1.69 bits per heavy atom. The van der Waals surface area contributed by atoms with E-state index in [-0.39, 0.29) is 5.41 Å². The molecule has 2 aliphatic heterocycles. The van der Waals surface area contributed by atoms with Crippen LogP contribution in [0, 0.1) is 0 Å². The second-order valence-corrected chi connectivity index (χ2v) is 9.35. The van der Waals surface area contributed by atoms with Gasteiger partial charge in [-0.3, -0.25) is 4.90 Å². The maximum atomic E-state index is 5.51. The molecular weight excluding hydrogens is 362 g/mol. The Kier molecular flexibility index (Phi) is 5.49. The summed E-state index contributed by atoms with van der Waals surface area (Å²) < 4.78 is 5.51. The second kappa shape index (κ2) is 7.92. The molecule has 3 heterocycles. The normalized spacial score (nSPS) is 17.7. The van der Waals surface area contributed by atoms with Crippen molar-refractivity contribution in [3.63, 3.8) is 0 Å². The van der Waals surface area contributed by atoms with Crippen LogP contribution in [-0.2, 0) is 23.2 Å². The van der Waals surface area contributed by atoms with Gasteiger partial charge in [0, 0.05) is 43.5 Å². The van der Waals surface area contributed by atoms with Crippen LogP contribution in [-0.4, -0.2) is 47.2 Å². The third-order valence-electron chi connectivity index (χ3n) is 5.83. The van der Waals surface area contributed by atoms with E-state index in [1.807, 2.05) is 0 Å². The lowest BCUT2D eigenvalue weighted by atomic mass is 9.87. The van der Waals surface area contributed by atoms with E-state index >= 15 is 0 Å². The Morgan fingerprint density at radius 3 is 2.31 bits per heavy atom. The first-order chi connectivity index (χ1) is 13.8. The van der Waals surface area contributed by atoms with E-state index in [9.17, 15) is 0 Å². The first-order valence-electron chi connectivity index (χ1n) is 10.7. The monoisotopic (exact) mass is 395 g/mol. The molecule has 0 spiro atoms. The summed E-state index contributed by atoms with van der Waals surface area (Å²) in [6.07, 6.45) is 0. The van der Waals surface area contributed by atoms with E-state index < -0.39 is 0 Å². The van der Waals surface area contributed by atoms with Crippen LogP contribution in [0.15, 0.2) is 24.3 Å². The molecule has 0 atom stereocenters. The van der Waals surface area contributed by atoms with E-state index in [4.69, 9.17) is 14.7 Å². The molecule has 6 heteroatoms. The molecule has 29 heavy (non-hydrogen) atoms. The molecule has 1 fully saturated rings. The number of rotatable bonds is 4. The predicted molar refractivity (Wildman–Crippen MR) is 118 cm³/mol. The van der Waals surface area contributed by atoms with Gasteiger partial charge in [0.1, 0.15) is 5.82 Å². The third-order valence-corrected chi connectivity index (χ3v) is 5.83. The summed E-state index contributed by atoms with van der Waals surface area (Å²) in [5, 5.41) is 3.59. The van der Waals surface area contributed by atoms with E-state index in [0.29, 0.717) is 6.04 Å². The molecule has 0 bridgehead atoms. The van der Waals surface area contributed by atoms with Gasteiger partial charge in [0.05, 0.1) is 18.9 Å². The van der Waals surface area contributed by atoms with Crippen LogP contribution in [0.3, 0.4) is 0 Å². The fourth-order valence-corrected chi connectivity index (χ4v) is 3.83. The fraction of sp³-hybridized carbons (Fsp3) is 0.565. The highest BCUT2D eigenvalue weighted by Gasteiger charge is 2.28. The number of morpholine rings is 1. The summed E-state index contributed by atoms with van der Waals surface area (Å²) >= 11 is 0. The van der Waals surface area contributed by atoms with E-state index in [1.165, 1.54) is 11.1 Å². The number of nitrogens with one attached hydrogen (secondary N) is 1. The Balaban J connectivity index is 1.65. The number of hydrogen-bond donors (Lipinski definition) is 1. The molecule has 6 nitrogen and oxygen atoms in total. The molecule has 1 aromatic heterocycles. The van der Waals surface area contributed by atoms with Gasteiger partial charge in [-0.25, -0.2) is 4.98 Å². The maximum absolute atomic E-state index is 5.51. The Hall–Kier alpha value is -2.18. The summed E-state index contributed by atoms with van der Waals surface area (Å²) in [6.45, 7) is 16.1. The average molecular weight is 396 g/mol. The minimum absolute atomic E-state index is 0.149. The van der Waals surface area contributed by atoms with Gasteiger partial charge in [-0.2, -0.15) is 4.98 Å². The Morgan fingerprint density at radius 1 is 1.00 bits per heavy atom. The van der Waals surface area contributed by atoms with E-state index in [0.717, 1.165) is 62.5 Å². The number of fused-ring (bicyclic) bond motifs is 1. The molecule has 0 unspecified atom stereocenters. The topological polar surface area (TPSA) is 53.5 Å². The molecule has 2 aromatic rings. The van der Waals surface area contributed by atoms with Crippen LogP contribution in [0.5, 0.6) is 0 Å². The second-order valence-electron chi connectivity index (χ2n) is 9.35. The third kappa shape index (κ3) is 4.38. The van der Waals surface area contributed by atoms with Crippen LogP contribution < -0.4 is 10.2 Å². The lowest BCUT2D eigenvalue weighted by Gasteiger charge is -2.27. The van der Waals surface area contributed by atoms with Crippen LogP contribution in [0.1, 0.15) is 51.4 Å². The zero-order chi connectivity index (χ0) is 20.6. The minimum Gasteiger partial charge on any atom is -0.378 e. The molecule has 156 valence electrons. The summed E-state index contributed by atoms with van der Waals surface area (Å²) in [5.41, 5.74) is 4.90. The van der Waals surface area contributed by atoms with Crippen molar-refractivity contribution in [1.82, 2.24) is 14.9 Å². The molecule has 1 aromatic carbocycles. The molecule has 0 radical (unpaired) electrons. The molecule has 0 saturated carbocycles. The van der Waals surface area contributed by atoms with Crippen molar-refractivity contribution in [2.45, 2.75) is 59.2 Å². The largest absolute Gasteiger partial charge is 0.378 e. The van der Waals surface area contributed by atoms with Gasteiger partial charge in [-0.1, -0.05) is 32.9 Å². The lowest BCUT2D eigenvalue weighted by molar-refractivity contribution is 0.122. The van der Waals surface area contributed by atoms with Crippen molar-refractivity contribution in [3.8, 4) is 0 Å². The van der Waals surface area contributed by atoms with Crippen LogP contribution in [0.2, 0.25) is 0 Å². The molecule has 1 N–H and O–H groups in total. The number of aromatic nitrogens is 2. The summed E-state index contributed by atoms with van der Waals surface area (Å²) in [6, 6.07) is 9.19. The fourth-order valence-electron chi connectivity index (χ4n) is 3.83. The first-order valence-corrected chi connectivity index (χ1v) is 10.7. The number of nitrogens with zero attached hydrogens (tertiary/aromatic N) is 4. The van der Waals surface area contributed by atoms with E-state index in [1.54, 1.807) is 0 Å². The number of anilines is 3. The SMILES string of the molecule is CC(C)N1Cc2nc(N3CCOCC3)nc(Nc3ccc(C(C)(C)C)cc3)c2C1. The highest BCUT2D eigenvalue weighted by Crippen LogP contribution is 2.32. The van der Waals surface area contributed by atoms with Crippen LogP contribution in [0.25, 0.3) is 0 Å². The summed E-state index contributed by atoms with van der Waals surface area (Å²) in [4.78, 5) is 14.6. The van der Waals surface area contributed by atoms with Crippen molar-refractivity contribution in [2.75, 3.05) is 36.5 Å². The first kappa shape index (κ1) is 20.1. The molecule has 0 aliphatic carbocycles. The Labute approximate surface area is 174 Å². The zero-order valence-corrected chi connectivity index (χ0v) is 18.3. The van der Waals surface area contributed by atoms with Crippen molar-refractivity contribution in [2.24, 2.45) is 0 Å².